The zero-order valence-electron chi connectivity index (χ0n) is 10.9. The molecule has 2 N–H and O–H groups in total. The first kappa shape index (κ1) is 14.5. The molecule has 0 spiro atoms. The molecule has 104 valence electrons. The zero-order chi connectivity index (χ0) is 14.0. The van der Waals surface area contributed by atoms with Crippen LogP contribution in [0.5, 0.6) is 0 Å². The highest BCUT2D eigenvalue weighted by molar-refractivity contribution is 9.10. The molecule has 1 saturated carbocycles. The number of nitrogens with zero attached hydrogens (tertiary/aromatic N) is 1. The summed E-state index contributed by atoms with van der Waals surface area (Å²) in [7, 11) is 1.78. The van der Waals surface area contributed by atoms with Crippen LogP contribution < -0.4 is 5.73 Å². The van der Waals surface area contributed by atoms with Gasteiger partial charge in [0, 0.05) is 24.7 Å². The van der Waals surface area contributed by atoms with Crippen LogP contribution in [-0.2, 0) is 0 Å². The third kappa shape index (κ3) is 3.34. The average molecular weight is 329 g/mol. The van der Waals surface area contributed by atoms with Gasteiger partial charge >= 0.3 is 0 Å². The van der Waals surface area contributed by atoms with E-state index in [-0.39, 0.29) is 18.0 Å². The molecule has 0 atom stereocenters. The summed E-state index contributed by atoms with van der Waals surface area (Å²) >= 11 is 3.08. The lowest BCUT2D eigenvalue weighted by Gasteiger charge is -2.33. The first-order chi connectivity index (χ1) is 8.99. The van der Waals surface area contributed by atoms with Gasteiger partial charge in [-0.15, -0.1) is 0 Å². The first-order valence-corrected chi connectivity index (χ1v) is 7.26. The molecular weight excluding hydrogens is 311 g/mol. The monoisotopic (exact) mass is 328 g/mol. The molecule has 1 amide bonds. The molecule has 1 aromatic carbocycles. The van der Waals surface area contributed by atoms with Gasteiger partial charge in [-0.25, -0.2) is 4.39 Å². The third-order valence-corrected chi connectivity index (χ3v) is 4.42. The van der Waals surface area contributed by atoms with Crippen LogP contribution in [0.2, 0.25) is 0 Å². The van der Waals surface area contributed by atoms with E-state index in [2.05, 4.69) is 15.9 Å². The smallest absolute Gasteiger partial charge is 0.253 e. The van der Waals surface area contributed by atoms with Crippen LogP contribution in [0.15, 0.2) is 22.7 Å². The van der Waals surface area contributed by atoms with Gasteiger partial charge in [0.2, 0.25) is 0 Å². The molecule has 1 aliphatic rings. The van der Waals surface area contributed by atoms with E-state index >= 15 is 0 Å². The maximum absolute atomic E-state index is 13.5. The topological polar surface area (TPSA) is 46.3 Å². The molecule has 5 heteroatoms. The summed E-state index contributed by atoms with van der Waals surface area (Å²) in [5, 5.41) is 0. The van der Waals surface area contributed by atoms with Crippen LogP contribution in [0.3, 0.4) is 0 Å². The van der Waals surface area contributed by atoms with Crippen molar-refractivity contribution in [3.8, 4) is 0 Å². The second-order valence-electron chi connectivity index (χ2n) is 5.11. The normalized spacial score (nSPS) is 23.2. The maximum Gasteiger partial charge on any atom is 0.253 e. The van der Waals surface area contributed by atoms with Gasteiger partial charge in [-0.05, 0) is 59.8 Å². The van der Waals surface area contributed by atoms with Crippen LogP contribution in [0.25, 0.3) is 0 Å². The number of halogens is 2. The predicted molar refractivity (Wildman–Crippen MR) is 76.4 cm³/mol. The Labute approximate surface area is 121 Å². The first-order valence-electron chi connectivity index (χ1n) is 6.47. The molecule has 19 heavy (non-hydrogen) atoms. The number of benzene rings is 1. The molecule has 1 fully saturated rings. The average Bonchev–Trinajstić information content (AvgIpc) is 2.41. The second-order valence-corrected chi connectivity index (χ2v) is 5.97. The molecule has 0 unspecified atom stereocenters. The minimum absolute atomic E-state index is 0.133. The van der Waals surface area contributed by atoms with E-state index in [0.717, 1.165) is 25.7 Å². The van der Waals surface area contributed by atoms with Crippen molar-refractivity contribution in [3.05, 3.63) is 34.1 Å². The fourth-order valence-electron chi connectivity index (χ4n) is 2.49. The molecule has 0 saturated heterocycles. The maximum atomic E-state index is 13.5. The highest BCUT2D eigenvalue weighted by Gasteiger charge is 2.25. The van der Waals surface area contributed by atoms with Gasteiger partial charge in [0.15, 0.2) is 0 Å². The van der Waals surface area contributed by atoms with E-state index in [4.69, 9.17) is 5.73 Å². The van der Waals surface area contributed by atoms with Crippen molar-refractivity contribution in [2.45, 2.75) is 37.8 Å². The van der Waals surface area contributed by atoms with Gasteiger partial charge in [-0.1, -0.05) is 0 Å². The molecule has 2 rings (SSSR count). The van der Waals surface area contributed by atoms with E-state index in [0.29, 0.717) is 10.0 Å². The summed E-state index contributed by atoms with van der Waals surface area (Å²) in [5.41, 5.74) is 6.25. The minimum atomic E-state index is -0.412. The molecule has 0 heterocycles. The Kier molecular flexibility index (Phi) is 4.58. The molecule has 0 aromatic heterocycles. The Hall–Kier alpha value is -0.940. The van der Waals surface area contributed by atoms with Crippen molar-refractivity contribution >= 4 is 21.8 Å². The van der Waals surface area contributed by atoms with Crippen LogP contribution in [-0.4, -0.2) is 29.9 Å². The summed E-state index contributed by atoms with van der Waals surface area (Å²) in [6.45, 7) is 0. The van der Waals surface area contributed by atoms with Gasteiger partial charge < -0.3 is 10.6 Å². The Morgan fingerprint density at radius 3 is 2.58 bits per heavy atom. The van der Waals surface area contributed by atoms with E-state index in [1.54, 1.807) is 24.1 Å². The summed E-state index contributed by atoms with van der Waals surface area (Å²) in [4.78, 5) is 14.0. The Bertz CT molecular complexity index is 473. The zero-order valence-corrected chi connectivity index (χ0v) is 12.5. The summed E-state index contributed by atoms with van der Waals surface area (Å²) in [6.07, 6.45) is 3.72. The van der Waals surface area contributed by atoms with E-state index in [1.807, 2.05) is 0 Å². The SMILES string of the molecule is CN(C(=O)c1ccc(Br)c(F)c1)C1CCC(N)CC1. The second kappa shape index (κ2) is 6.01. The summed E-state index contributed by atoms with van der Waals surface area (Å²) < 4.78 is 13.8. The van der Waals surface area contributed by atoms with Crippen molar-refractivity contribution < 1.29 is 9.18 Å². The van der Waals surface area contributed by atoms with E-state index < -0.39 is 5.82 Å². The molecule has 1 aromatic rings. The predicted octanol–water partition coefficient (Wildman–Crippen LogP) is 2.93. The van der Waals surface area contributed by atoms with Gasteiger partial charge in [0.05, 0.1) is 4.47 Å². The number of nitrogens with two attached hydrogens (primary N) is 1. The van der Waals surface area contributed by atoms with Crippen LogP contribution in [0.1, 0.15) is 36.0 Å². The quantitative estimate of drug-likeness (QED) is 0.907. The fourth-order valence-corrected chi connectivity index (χ4v) is 2.73. The molecule has 0 radical (unpaired) electrons. The lowest BCUT2D eigenvalue weighted by molar-refractivity contribution is 0.0689. The molecular formula is C14H18BrFN2O. The van der Waals surface area contributed by atoms with Crippen molar-refractivity contribution in [1.29, 1.82) is 0 Å². The van der Waals surface area contributed by atoms with E-state index in [9.17, 15) is 9.18 Å². The highest BCUT2D eigenvalue weighted by Crippen LogP contribution is 2.23. The summed E-state index contributed by atoms with van der Waals surface area (Å²) in [6, 6.07) is 4.94. The lowest BCUT2D eigenvalue weighted by Crippen LogP contribution is -2.41. The molecule has 3 nitrogen and oxygen atoms in total. The van der Waals surface area contributed by atoms with Crippen molar-refractivity contribution in [3.63, 3.8) is 0 Å². The molecule has 1 aliphatic carbocycles. The fraction of sp³-hybridized carbons (Fsp3) is 0.500. The number of carbonyl (C=O) groups excluding carboxylic acids is 1. The molecule has 0 aliphatic heterocycles. The Morgan fingerprint density at radius 2 is 2.00 bits per heavy atom. The third-order valence-electron chi connectivity index (χ3n) is 3.78. The number of hydrogen-bond donors (Lipinski definition) is 1. The van der Waals surface area contributed by atoms with Gasteiger partial charge in [0.1, 0.15) is 5.82 Å². The van der Waals surface area contributed by atoms with Gasteiger partial charge in [-0.2, -0.15) is 0 Å². The van der Waals surface area contributed by atoms with Crippen LogP contribution in [0.4, 0.5) is 4.39 Å². The number of rotatable bonds is 2. The molecule has 0 bridgehead atoms. The number of hydrogen-bond acceptors (Lipinski definition) is 2. The van der Waals surface area contributed by atoms with Crippen molar-refractivity contribution in [2.24, 2.45) is 5.73 Å². The van der Waals surface area contributed by atoms with Crippen LogP contribution in [0, 0.1) is 5.82 Å². The Morgan fingerprint density at radius 1 is 1.37 bits per heavy atom. The number of carbonyl (C=O) groups is 1. The minimum Gasteiger partial charge on any atom is -0.339 e. The van der Waals surface area contributed by atoms with Crippen LogP contribution >= 0.6 is 15.9 Å². The lowest BCUT2D eigenvalue weighted by atomic mass is 9.90. The largest absolute Gasteiger partial charge is 0.339 e. The van der Waals surface area contributed by atoms with Gasteiger partial charge in [0.25, 0.3) is 5.91 Å². The summed E-state index contributed by atoms with van der Waals surface area (Å²) in [5.74, 6) is -0.545. The standard InChI is InChI=1S/C14H18BrFN2O/c1-18(11-5-3-10(17)4-6-11)14(19)9-2-7-12(15)13(16)8-9/h2,7-8,10-11H,3-6,17H2,1H3. The van der Waals surface area contributed by atoms with Crippen molar-refractivity contribution in [2.75, 3.05) is 7.05 Å². The highest BCUT2D eigenvalue weighted by atomic mass is 79.9. The van der Waals surface area contributed by atoms with Crippen molar-refractivity contribution in [1.82, 2.24) is 4.90 Å². The Balaban J connectivity index is 2.08. The number of amides is 1. The van der Waals surface area contributed by atoms with Gasteiger partial charge in [-0.3, -0.25) is 4.79 Å². The van der Waals surface area contributed by atoms with E-state index in [1.165, 1.54) is 6.07 Å².